The zero-order chi connectivity index (χ0) is 29.1. The summed E-state index contributed by atoms with van der Waals surface area (Å²) in [6.45, 7) is 11.3. The molecule has 1 aliphatic rings. The van der Waals surface area contributed by atoms with Crippen molar-refractivity contribution >= 4 is 33.3 Å². The molecule has 1 saturated heterocycles. The van der Waals surface area contributed by atoms with Crippen LogP contribution in [0.4, 0.5) is 5.82 Å². The molecule has 1 aliphatic heterocycles. The molecule has 0 spiro atoms. The molecule has 1 fully saturated rings. The highest BCUT2D eigenvalue weighted by Gasteiger charge is 2.31. The fraction of sp³-hybridized carbons (Fsp3) is 0.448. The lowest BCUT2D eigenvalue weighted by atomic mass is 9.91. The van der Waals surface area contributed by atoms with E-state index in [0.29, 0.717) is 17.4 Å². The van der Waals surface area contributed by atoms with Crippen LogP contribution in [0.3, 0.4) is 0 Å². The van der Waals surface area contributed by atoms with Gasteiger partial charge in [0.2, 0.25) is 0 Å². The van der Waals surface area contributed by atoms with Crippen LogP contribution in [-0.4, -0.2) is 41.4 Å². The third-order valence-electron chi connectivity index (χ3n) is 6.99. The quantitative estimate of drug-likeness (QED) is 0.291. The minimum absolute atomic E-state index is 0.0349. The van der Waals surface area contributed by atoms with Gasteiger partial charge in [-0.05, 0) is 82.0 Å². The minimum Gasteiger partial charge on any atom is -0.362 e. The SMILES string of the molecule is CC1(C)C[C@H](CCC(Nc2cccc(S(=O)(=O)NC(=O)c3ccc(C(C)(C)C)nc3Cl)n2)c2ccccn2)CN1. The molecule has 1 unspecified atom stereocenters. The molecule has 3 aromatic heterocycles. The van der Waals surface area contributed by atoms with Gasteiger partial charge in [-0.15, -0.1) is 0 Å². The Hall–Kier alpha value is -3.08. The van der Waals surface area contributed by atoms with Gasteiger partial charge < -0.3 is 10.6 Å². The van der Waals surface area contributed by atoms with Gasteiger partial charge in [0.15, 0.2) is 5.03 Å². The van der Waals surface area contributed by atoms with Crippen molar-refractivity contribution in [2.45, 2.75) is 75.9 Å². The second kappa shape index (κ2) is 11.8. The van der Waals surface area contributed by atoms with Gasteiger partial charge in [-0.1, -0.05) is 44.5 Å². The van der Waals surface area contributed by atoms with E-state index < -0.39 is 15.9 Å². The van der Waals surface area contributed by atoms with E-state index in [1.54, 1.807) is 24.4 Å². The molecule has 11 heteroatoms. The largest absolute Gasteiger partial charge is 0.362 e. The van der Waals surface area contributed by atoms with Crippen LogP contribution in [0.2, 0.25) is 5.15 Å². The van der Waals surface area contributed by atoms with Gasteiger partial charge in [0.1, 0.15) is 11.0 Å². The highest BCUT2D eigenvalue weighted by Crippen LogP contribution is 2.31. The lowest BCUT2D eigenvalue weighted by Gasteiger charge is -2.21. The summed E-state index contributed by atoms with van der Waals surface area (Å²) in [7, 11) is -4.29. The number of nitrogens with one attached hydrogen (secondary N) is 3. The first-order valence-corrected chi connectivity index (χ1v) is 15.2. The maximum Gasteiger partial charge on any atom is 0.281 e. The number of hydrogen-bond donors (Lipinski definition) is 3. The van der Waals surface area contributed by atoms with Crippen LogP contribution in [0.15, 0.2) is 59.8 Å². The molecule has 0 saturated carbocycles. The zero-order valence-corrected chi connectivity index (χ0v) is 25.1. The van der Waals surface area contributed by atoms with E-state index in [-0.39, 0.29) is 32.7 Å². The van der Waals surface area contributed by atoms with E-state index in [1.807, 2.05) is 39.0 Å². The summed E-state index contributed by atoms with van der Waals surface area (Å²) in [6, 6.07) is 13.3. The number of hydrogen-bond acceptors (Lipinski definition) is 8. The van der Waals surface area contributed by atoms with E-state index in [2.05, 4.69) is 44.2 Å². The van der Waals surface area contributed by atoms with E-state index in [1.165, 1.54) is 12.1 Å². The molecule has 4 rings (SSSR count). The maximum absolute atomic E-state index is 13.1. The molecule has 9 nitrogen and oxygen atoms in total. The Bertz CT molecular complexity index is 1460. The Morgan fingerprint density at radius 2 is 1.90 bits per heavy atom. The van der Waals surface area contributed by atoms with E-state index in [4.69, 9.17) is 11.6 Å². The van der Waals surface area contributed by atoms with Crippen molar-refractivity contribution in [1.82, 2.24) is 25.0 Å². The van der Waals surface area contributed by atoms with E-state index >= 15 is 0 Å². The summed E-state index contributed by atoms with van der Waals surface area (Å²) in [5.41, 5.74) is 1.35. The molecule has 1 amide bonds. The number of sulfonamides is 1. The summed E-state index contributed by atoms with van der Waals surface area (Å²) < 4.78 is 28.3. The predicted molar refractivity (Wildman–Crippen MR) is 157 cm³/mol. The van der Waals surface area contributed by atoms with Gasteiger partial charge in [0, 0.05) is 22.8 Å². The molecule has 2 atom stereocenters. The zero-order valence-electron chi connectivity index (χ0n) is 23.5. The third-order valence-corrected chi connectivity index (χ3v) is 8.51. The van der Waals surface area contributed by atoms with Crippen LogP contribution in [0.25, 0.3) is 0 Å². The van der Waals surface area contributed by atoms with Gasteiger partial charge in [0.05, 0.1) is 17.3 Å². The molecule has 214 valence electrons. The van der Waals surface area contributed by atoms with E-state index in [9.17, 15) is 13.2 Å². The maximum atomic E-state index is 13.1. The number of aromatic nitrogens is 3. The number of pyridine rings is 3. The van der Waals surface area contributed by atoms with Crippen molar-refractivity contribution < 1.29 is 13.2 Å². The monoisotopic (exact) mass is 584 g/mol. The number of halogens is 1. The molecular weight excluding hydrogens is 548 g/mol. The van der Waals surface area contributed by atoms with Gasteiger partial charge in [0.25, 0.3) is 15.9 Å². The van der Waals surface area contributed by atoms with Crippen LogP contribution in [-0.2, 0) is 15.4 Å². The summed E-state index contributed by atoms with van der Waals surface area (Å²) in [5.74, 6) is 0.0272. The lowest BCUT2D eigenvalue weighted by molar-refractivity contribution is 0.0981. The first-order chi connectivity index (χ1) is 18.7. The number of amides is 1. The van der Waals surface area contributed by atoms with Crippen molar-refractivity contribution in [3.05, 3.63) is 76.8 Å². The molecular formula is C29H37ClN6O3S. The molecule has 3 aromatic rings. The summed E-state index contributed by atoms with van der Waals surface area (Å²) >= 11 is 6.24. The highest BCUT2D eigenvalue weighted by atomic mass is 35.5. The number of carbonyl (C=O) groups excluding carboxylic acids is 1. The van der Waals surface area contributed by atoms with Gasteiger partial charge >= 0.3 is 0 Å². The third kappa shape index (κ3) is 7.56. The van der Waals surface area contributed by atoms with Crippen LogP contribution < -0.4 is 15.4 Å². The van der Waals surface area contributed by atoms with Crippen molar-refractivity contribution in [3.63, 3.8) is 0 Å². The molecule has 0 aliphatic carbocycles. The Morgan fingerprint density at radius 3 is 2.52 bits per heavy atom. The molecule has 3 N–H and O–H groups in total. The molecule has 4 heterocycles. The van der Waals surface area contributed by atoms with Crippen molar-refractivity contribution in [3.8, 4) is 0 Å². The average molecular weight is 585 g/mol. The summed E-state index contributed by atoms with van der Waals surface area (Å²) in [5, 5.41) is 6.57. The van der Waals surface area contributed by atoms with Crippen molar-refractivity contribution in [2.75, 3.05) is 11.9 Å². The van der Waals surface area contributed by atoms with Gasteiger partial charge in [-0.3, -0.25) is 9.78 Å². The Labute approximate surface area is 241 Å². The standard InChI is InChI=1S/C29H37ClN6O3S/c1-28(2,3)23-15-13-20(26(30)34-23)27(37)36-40(38,39)25-11-8-10-24(35-25)33-22(21-9-6-7-16-31-21)14-12-19-17-29(4,5)32-18-19/h6-11,13,15-16,19,22,32H,12,14,17-18H2,1-5H3,(H,33,35)(H,36,37)/t19-,22?/m0/s1. The molecule has 0 aromatic carbocycles. The Balaban J connectivity index is 1.50. The number of nitrogens with zero attached hydrogens (tertiary/aromatic N) is 3. The summed E-state index contributed by atoms with van der Waals surface area (Å²) in [6.07, 6.45) is 4.60. The second-order valence-electron chi connectivity index (χ2n) is 11.9. The lowest BCUT2D eigenvalue weighted by Crippen LogP contribution is -2.32. The molecule has 0 bridgehead atoms. The first kappa shape index (κ1) is 29.9. The fourth-order valence-corrected chi connectivity index (χ4v) is 6.02. The van der Waals surface area contributed by atoms with Crippen LogP contribution in [0.1, 0.15) is 81.7 Å². The molecule has 0 radical (unpaired) electrons. The highest BCUT2D eigenvalue weighted by molar-refractivity contribution is 7.90. The molecule has 40 heavy (non-hydrogen) atoms. The number of carbonyl (C=O) groups is 1. The van der Waals surface area contributed by atoms with Crippen LogP contribution >= 0.6 is 11.6 Å². The topological polar surface area (TPSA) is 126 Å². The predicted octanol–water partition coefficient (Wildman–Crippen LogP) is 5.26. The smallest absolute Gasteiger partial charge is 0.281 e. The van der Waals surface area contributed by atoms with Gasteiger partial charge in [-0.25, -0.2) is 14.7 Å². The number of rotatable bonds is 9. The average Bonchev–Trinajstić information content (AvgIpc) is 3.24. The van der Waals surface area contributed by atoms with Crippen LogP contribution in [0.5, 0.6) is 0 Å². The first-order valence-electron chi connectivity index (χ1n) is 13.4. The summed E-state index contributed by atoms with van der Waals surface area (Å²) in [4.78, 5) is 26.0. The Morgan fingerprint density at radius 1 is 1.12 bits per heavy atom. The number of anilines is 1. The normalized spacial score (nSPS) is 17.8. The second-order valence-corrected chi connectivity index (χ2v) is 13.9. The minimum atomic E-state index is -4.29. The van der Waals surface area contributed by atoms with Crippen molar-refractivity contribution in [1.29, 1.82) is 0 Å². The fourth-order valence-electron chi connectivity index (χ4n) is 4.84. The van der Waals surface area contributed by atoms with Crippen LogP contribution in [0, 0.1) is 5.92 Å². The van der Waals surface area contributed by atoms with E-state index in [0.717, 1.165) is 31.5 Å². The van der Waals surface area contributed by atoms with Gasteiger partial charge in [-0.2, -0.15) is 8.42 Å². The van der Waals surface area contributed by atoms with Crippen molar-refractivity contribution in [2.24, 2.45) is 5.92 Å². The Kier molecular flexibility index (Phi) is 8.82.